The molecular weight excluding hydrogens is 418 g/mol. The molecule has 24 heavy (non-hydrogen) atoms. The average molecular weight is 428 g/mol. The second kappa shape index (κ2) is 7.45. The van der Waals surface area contributed by atoms with Crippen LogP contribution in [0.4, 0.5) is 5.00 Å². The first-order chi connectivity index (χ1) is 11.2. The lowest BCUT2D eigenvalue weighted by molar-refractivity contribution is 0.0601. The number of aromatic nitrogens is 1. The van der Waals surface area contributed by atoms with Gasteiger partial charge in [-0.05, 0) is 19.4 Å². The van der Waals surface area contributed by atoms with Gasteiger partial charge < -0.3 is 10.1 Å². The van der Waals surface area contributed by atoms with Crippen molar-refractivity contribution in [2.45, 2.75) is 13.8 Å². The van der Waals surface area contributed by atoms with Crippen LogP contribution in [0.3, 0.4) is 0 Å². The molecule has 0 fully saturated rings. The minimum absolute atomic E-state index is 0.0436. The van der Waals surface area contributed by atoms with E-state index in [2.05, 4.69) is 10.3 Å². The quantitative estimate of drug-likeness (QED) is 0.524. The molecule has 0 bridgehead atoms. The predicted molar refractivity (Wildman–Crippen MR) is 97.4 cm³/mol. The third kappa shape index (κ3) is 3.48. The molecule has 0 saturated carbocycles. The highest BCUT2D eigenvalue weighted by molar-refractivity contribution is 7.16. The standard InChI is InChI=1S/C14H10Cl4N2O3S/c1-4-5(2)24-13(6(4)14(22)23-3)20-12(21)10-8(16)7(15)9(17)11(18)19-10/h1-3H3,(H,20,21). The van der Waals surface area contributed by atoms with E-state index >= 15 is 0 Å². The number of hydrogen-bond acceptors (Lipinski definition) is 5. The summed E-state index contributed by atoms with van der Waals surface area (Å²) in [7, 11) is 1.26. The second-order valence-corrected chi connectivity index (χ2v) is 7.34. The van der Waals surface area contributed by atoms with Gasteiger partial charge in [0.2, 0.25) is 0 Å². The van der Waals surface area contributed by atoms with Gasteiger partial charge in [-0.1, -0.05) is 46.4 Å². The molecule has 0 unspecified atom stereocenters. The predicted octanol–water partition coefficient (Wildman–Crippen LogP) is 5.41. The number of rotatable bonds is 3. The molecule has 128 valence electrons. The van der Waals surface area contributed by atoms with Gasteiger partial charge in [0.15, 0.2) is 5.69 Å². The minimum Gasteiger partial charge on any atom is -0.465 e. The number of methoxy groups -OCH3 is 1. The highest BCUT2D eigenvalue weighted by atomic mass is 35.5. The first-order valence-corrected chi connectivity index (χ1v) is 8.71. The Hall–Kier alpha value is -1.05. The number of nitrogens with zero attached hydrogens (tertiary/aromatic N) is 1. The molecule has 0 atom stereocenters. The number of ether oxygens (including phenoxy) is 1. The maximum absolute atomic E-state index is 12.5. The number of halogens is 4. The zero-order chi connectivity index (χ0) is 18.2. The van der Waals surface area contributed by atoms with Crippen molar-refractivity contribution < 1.29 is 14.3 Å². The third-order valence-corrected chi connectivity index (χ3v) is 6.00. The second-order valence-electron chi connectivity index (χ2n) is 4.63. The zero-order valence-electron chi connectivity index (χ0n) is 12.6. The zero-order valence-corrected chi connectivity index (χ0v) is 16.4. The Kier molecular flexibility index (Phi) is 5.99. The fraction of sp³-hybridized carbons (Fsp3) is 0.214. The number of thiophene rings is 1. The molecular formula is C14H10Cl4N2O3S. The summed E-state index contributed by atoms with van der Waals surface area (Å²) < 4.78 is 4.75. The first kappa shape index (κ1) is 19.3. The normalized spacial score (nSPS) is 10.6. The molecule has 0 aromatic carbocycles. The number of hydrogen-bond donors (Lipinski definition) is 1. The van der Waals surface area contributed by atoms with E-state index in [0.29, 0.717) is 10.6 Å². The molecule has 2 heterocycles. The van der Waals surface area contributed by atoms with E-state index in [-0.39, 0.29) is 31.5 Å². The lowest BCUT2D eigenvalue weighted by atomic mass is 10.1. The molecule has 1 N–H and O–H groups in total. The van der Waals surface area contributed by atoms with E-state index < -0.39 is 11.9 Å². The van der Waals surface area contributed by atoms with Crippen molar-refractivity contribution in [3.8, 4) is 0 Å². The number of amides is 1. The van der Waals surface area contributed by atoms with E-state index in [0.717, 1.165) is 4.88 Å². The Balaban J connectivity index is 2.45. The minimum atomic E-state index is -0.674. The Morgan fingerprint density at radius 1 is 1.08 bits per heavy atom. The van der Waals surface area contributed by atoms with Gasteiger partial charge in [0.1, 0.15) is 10.2 Å². The SMILES string of the molecule is COC(=O)c1c(NC(=O)c2nc(Cl)c(Cl)c(Cl)c2Cl)sc(C)c1C. The van der Waals surface area contributed by atoms with Gasteiger partial charge in [-0.15, -0.1) is 11.3 Å². The molecule has 0 aliphatic carbocycles. The summed E-state index contributed by atoms with van der Waals surface area (Å²) in [5, 5.41) is 2.51. The Morgan fingerprint density at radius 2 is 1.71 bits per heavy atom. The van der Waals surface area contributed by atoms with Crippen LogP contribution in [0.25, 0.3) is 0 Å². The van der Waals surface area contributed by atoms with Crippen molar-refractivity contribution in [3.05, 3.63) is 41.9 Å². The van der Waals surface area contributed by atoms with Gasteiger partial charge in [-0.2, -0.15) is 0 Å². The molecule has 2 aromatic rings. The molecule has 0 saturated heterocycles. The van der Waals surface area contributed by atoms with Crippen molar-refractivity contribution in [2.24, 2.45) is 0 Å². The highest BCUT2D eigenvalue weighted by Crippen LogP contribution is 2.37. The van der Waals surface area contributed by atoms with Crippen LogP contribution in [-0.2, 0) is 4.74 Å². The Morgan fingerprint density at radius 3 is 2.29 bits per heavy atom. The van der Waals surface area contributed by atoms with Gasteiger partial charge in [0.05, 0.1) is 27.7 Å². The van der Waals surface area contributed by atoms with Crippen LogP contribution >= 0.6 is 57.7 Å². The van der Waals surface area contributed by atoms with E-state index in [9.17, 15) is 9.59 Å². The van der Waals surface area contributed by atoms with Crippen LogP contribution in [0.5, 0.6) is 0 Å². The monoisotopic (exact) mass is 426 g/mol. The number of nitrogens with one attached hydrogen (secondary N) is 1. The van der Waals surface area contributed by atoms with Crippen molar-refractivity contribution in [2.75, 3.05) is 12.4 Å². The van der Waals surface area contributed by atoms with Crippen molar-refractivity contribution >= 4 is 74.6 Å². The van der Waals surface area contributed by atoms with Gasteiger partial charge in [0, 0.05) is 4.88 Å². The largest absolute Gasteiger partial charge is 0.465 e. The average Bonchev–Trinajstić information content (AvgIpc) is 2.82. The van der Waals surface area contributed by atoms with E-state index in [1.807, 2.05) is 6.92 Å². The number of carbonyl (C=O) groups is 2. The lowest BCUT2D eigenvalue weighted by Gasteiger charge is -2.09. The number of carbonyl (C=O) groups excluding carboxylic acids is 2. The van der Waals surface area contributed by atoms with Gasteiger partial charge in [-0.3, -0.25) is 4.79 Å². The summed E-state index contributed by atoms with van der Waals surface area (Å²) in [5.41, 5.74) is 0.791. The van der Waals surface area contributed by atoms with Gasteiger partial charge >= 0.3 is 5.97 Å². The third-order valence-electron chi connectivity index (χ3n) is 3.20. The summed E-state index contributed by atoms with van der Waals surface area (Å²) in [6, 6.07) is 0. The molecule has 0 spiro atoms. The molecule has 0 radical (unpaired) electrons. The van der Waals surface area contributed by atoms with E-state index in [1.165, 1.54) is 18.4 Å². The molecule has 0 aliphatic rings. The Bertz CT molecular complexity index is 851. The fourth-order valence-corrected chi connectivity index (χ4v) is 3.72. The van der Waals surface area contributed by atoms with Crippen molar-refractivity contribution in [1.29, 1.82) is 0 Å². The number of aryl methyl sites for hydroxylation is 1. The number of pyridine rings is 1. The molecule has 10 heteroatoms. The summed E-state index contributed by atoms with van der Waals surface area (Å²) in [6.07, 6.45) is 0. The van der Waals surface area contributed by atoms with E-state index in [1.54, 1.807) is 6.92 Å². The molecule has 1 amide bonds. The first-order valence-electron chi connectivity index (χ1n) is 6.38. The molecule has 2 aromatic heterocycles. The fourth-order valence-electron chi connectivity index (χ4n) is 1.86. The maximum Gasteiger partial charge on any atom is 0.341 e. The van der Waals surface area contributed by atoms with Gasteiger partial charge in [-0.25, -0.2) is 9.78 Å². The molecule has 0 aliphatic heterocycles. The van der Waals surface area contributed by atoms with Crippen LogP contribution in [0, 0.1) is 13.8 Å². The van der Waals surface area contributed by atoms with Crippen LogP contribution in [0.2, 0.25) is 20.2 Å². The van der Waals surface area contributed by atoms with E-state index in [4.69, 9.17) is 51.1 Å². The van der Waals surface area contributed by atoms with Crippen LogP contribution in [0.1, 0.15) is 31.3 Å². The summed E-state index contributed by atoms with van der Waals surface area (Å²) in [6.45, 7) is 3.58. The molecule has 5 nitrogen and oxygen atoms in total. The van der Waals surface area contributed by atoms with Crippen molar-refractivity contribution in [3.63, 3.8) is 0 Å². The Labute approximate surface area is 161 Å². The highest BCUT2D eigenvalue weighted by Gasteiger charge is 2.25. The smallest absolute Gasteiger partial charge is 0.341 e. The number of anilines is 1. The van der Waals surface area contributed by atoms with Crippen LogP contribution in [0.15, 0.2) is 0 Å². The summed E-state index contributed by atoms with van der Waals surface area (Å²) in [5.74, 6) is -1.23. The van der Waals surface area contributed by atoms with Gasteiger partial charge in [0.25, 0.3) is 5.91 Å². The van der Waals surface area contributed by atoms with Crippen LogP contribution < -0.4 is 5.32 Å². The summed E-state index contributed by atoms with van der Waals surface area (Å²) >= 11 is 24.8. The summed E-state index contributed by atoms with van der Waals surface area (Å²) in [4.78, 5) is 29.1. The maximum atomic E-state index is 12.5. The topological polar surface area (TPSA) is 68.3 Å². The lowest BCUT2D eigenvalue weighted by Crippen LogP contribution is -2.16. The number of esters is 1. The van der Waals surface area contributed by atoms with Crippen LogP contribution in [-0.4, -0.2) is 24.0 Å². The molecule has 2 rings (SSSR count). The van der Waals surface area contributed by atoms with Crippen molar-refractivity contribution in [1.82, 2.24) is 4.98 Å².